The predicted octanol–water partition coefficient (Wildman–Crippen LogP) is 2.96. The van der Waals surface area contributed by atoms with Crippen LogP contribution < -0.4 is 10.5 Å². The summed E-state index contributed by atoms with van der Waals surface area (Å²) in [5, 5.41) is 3.70. The molecule has 4 nitrogen and oxygen atoms in total. The van der Waals surface area contributed by atoms with Crippen molar-refractivity contribution in [2.45, 2.75) is 11.8 Å². The highest BCUT2D eigenvalue weighted by Gasteiger charge is 2.13. The molecule has 2 N–H and O–H groups in total. The number of methoxy groups -OCH3 is 1. The Balaban J connectivity index is 2.58. The molecule has 17 heavy (non-hydrogen) atoms. The van der Waals surface area contributed by atoms with Crippen LogP contribution in [0.1, 0.15) is 5.56 Å². The van der Waals surface area contributed by atoms with E-state index in [4.69, 9.17) is 15.0 Å². The lowest BCUT2D eigenvalue weighted by molar-refractivity contribution is 0.410. The number of thioether (sulfide) groups is 1. The minimum absolute atomic E-state index is 0.381. The minimum atomic E-state index is 0.381. The quantitative estimate of drug-likeness (QED) is 0.848. The third-order valence-corrected chi connectivity index (χ3v) is 3.29. The summed E-state index contributed by atoms with van der Waals surface area (Å²) in [6.07, 6.45) is 2.02. The van der Waals surface area contributed by atoms with E-state index in [1.54, 1.807) is 24.9 Å². The molecule has 2 rings (SSSR count). The van der Waals surface area contributed by atoms with Gasteiger partial charge in [0.25, 0.3) is 0 Å². The number of aryl methyl sites for hydroxylation is 1. The van der Waals surface area contributed by atoms with E-state index in [1.165, 1.54) is 0 Å². The number of benzene rings is 1. The van der Waals surface area contributed by atoms with Crippen molar-refractivity contribution in [1.82, 2.24) is 5.16 Å². The molecule has 0 fully saturated rings. The molecule has 0 aliphatic rings. The summed E-state index contributed by atoms with van der Waals surface area (Å²) in [7, 11) is 1.65. The molecule has 0 radical (unpaired) electrons. The Morgan fingerprint density at radius 3 is 2.65 bits per heavy atom. The molecule has 0 bridgehead atoms. The van der Waals surface area contributed by atoms with Gasteiger partial charge in [0.2, 0.25) is 0 Å². The van der Waals surface area contributed by atoms with Crippen LogP contribution in [0.5, 0.6) is 5.75 Å². The number of nitrogens with two attached hydrogens (primary N) is 1. The maximum absolute atomic E-state index is 5.57. The standard InChI is InChI=1S/C12H14N2O2S/c1-7-4-11(17-3)8(5-9(7)15-2)10-6-12(13)14-16-10/h4-6H,1-3H3,(H2,13,14). The van der Waals surface area contributed by atoms with Crippen LogP contribution in [0.15, 0.2) is 27.6 Å². The fraction of sp³-hybridized carbons (Fsp3) is 0.250. The van der Waals surface area contributed by atoms with Gasteiger partial charge in [-0.25, -0.2) is 0 Å². The lowest BCUT2D eigenvalue weighted by Gasteiger charge is -2.10. The van der Waals surface area contributed by atoms with Crippen molar-refractivity contribution >= 4 is 17.6 Å². The summed E-state index contributed by atoms with van der Waals surface area (Å²) in [4.78, 5) is 1.11. The van der Waals surface area contributed by atoms with Gasteiger partial charge in [0, 0.05) is 16.5 Å². The van der Waals surface area contributed by atoms with Gasteiger partial charge in [-0.3, -0.25) is 0 Å². The van der Waals surface area contributed by atoms with E-state index in [-0.39, 0.29) is 0 Å². The fourth-order valence-corrected chi connectivity index (χ4v) is 2.33. The molecular formula is C12H14N2O2S. The predicted molar refractivity (Wildman–Crippen MR) is 69.4 cm³/mol. The highest BCUT2D eigenvalue weighted by atomic mass is 32.2. The van der Waals surface area contributed by atoms with Crippen LogP contribution in [0.25, 0.3) is 11.3 Å². The second kappa shape index (κ2) is 4.71. The molecule has 0 aliphatic carbocycles. The second-order valence-corrected chi connectivity index (χ2v) is 4.49. The van der Waals surface area contributed by atoms with Crippen molar-refractivity contribution in [1.29, 1.82) is 0 Å². The van der Waals surface area contributed by atoms with E-state index in [9.17, 15) is 0 Å². The van der Waals surface area contributed by atoms with Crippen LogP contribution in [0.2, 0.25) is 0 Å². The summed E-state index contributed by atoms with van der Waals surface area (Å²) in [5.41, 5.74) is 7.60. The third kappa shape index (κ3) is 2.24. The number of aromatic nitrogens is 1. The van der Waals surface area contributed by atoms with Gasteiger partial charge in [-0.15, -0.1) is 11.8 Å². The molecule has 0 saturated heterocycles. The molecule has 0 aliphatic heterocycles. The molecule has 1 aromatic carbocycles. The largest absolute Gasteiger partial charge is 0.496 e. The average Bonchev–Trinajstić information content (AvgIpc) is 2.75. The first-order valence-corrected chi connectivity index (χ1v) is 6.33. The van der Waals surface area contributed by atoms with Gasteiger partial charge < -0.3 is 15.0 Å². The molecule has 1 heterocycles. The van der Waals surface area contributed by atoms with Gasteiger partial charge in [-0.1, -0.05) is 5.16 Å². The monoisotopic (exact) mass is 250 g/mol. The highest BCUT2D eigenvalue weighted by Crippen LogP contribution is 2.36. The zero-order chi connectivity index (χ0) is 12.4. The van der Waals surface area contributed by atoms with Gasteiger partial charge in [0.15, 0.2) is 11.6 Å². The van der Waals surface area contributed by atoms with Gasteiger partial charge in [-0.05, 0) is 30.9 Å². The Morgan fingerprint density at radius 2 is 2.12 bits per heavy atom. The van der Waals surface area contributed by atoms with Crippen molar-refractivity contribution in [2.24, 2.45) is 0 Å². The normalized spacial score (nSPS) is 10.5. The van der Waals surface area contributed by atoms with E-state index in [1.807, 2.05) is 19.2 Å². The maximum atomic E-state index is 5.57. The topological polar surface area (TPSA) is 61.3 Å². The second-order valence-electron chi connectivity index (χ2n) is 3.64. The number of hydrogen-bond acceptors (Lipinski definition) is 5. The summed E-state index contributed by atoms with van der Waals surface area (Å²) in [6.45, 7) is 2.01. The molecule has 5 heteroatoms. The van der Waals surface area contributed by atoms with Gasteiger partial charge in [0.05, 0.1) is 7.11 Å². The Morgan fingerprint density at radius 1 is 1.35 bits per heavy atom. The number of anilines is 1. The van der Waals surface area contributed by atoms with E-state index >= 15 is 0 Å². The van der Waals surface area contributed by atoms with Crippen molar-refractivity contribution < 1.29 is 9.26 Å². The molecule has 2 aromatic rings. The highest BCUT2D eigenvalue weighted by molar-refractivity contribution is 7.98. The van der Waals surface area contributed by atoms with E-state index < -0.39 is 0 Å². The first-order chi connectivity index (χ1) is 8.15. The van der Waals surface area contributed by atoms with Crippen molar-refractivity contribution in [3.05, 3.63) is 23.8 Å². The summed E-state index contributed by atoms with van der Waals surface area (Å²) < 4.78 is 10.5. The Bertz CT molecular complexity index is 537. The Kier molecular flexibility index (Phi) is 3.28. The Hall–Kier alpha value is -1.62. The summed E-state index contributed by atoms with van der Waals surface area (Å²) >= 11 is 1.65. The van der Waals surface area contributed by atoms with Gasteiger partial charge in [-0.2, -0.15) is 0 Å². The first kappa shape index (κ1) is 11.9. The number of rotatable bonds is 3. The van der Waals surface area contributed by atoms with Crippen LogP contribution in [-0.2, 0) is 0 Å². The number of nitrogen functional groups attached to an aromatic ring is 1. The maximum Gasteiger partial charge on any atom is 0.170 e. The zero-order valence-corrected chi connectivity index (χ0v) is 10.8. The summed E-state index contributed by atoms with van der Waals surface area (Å²) in [5.74, 6) is 1.87. The zero-order valence-electron chi connectivity index (χ0n) is 9.98. The van der Waals surface area contributed by atoms with Gasteiger partial charge >= 0.3 is 0 Å². The molecular weight excluding hydrogens is 236 g/mol. The van der Waals surface area contributed by atoms with E-state index in [0.717, 1.165) is 21.8 Å². The van der Waals surface area contributed by atoms with Crippen LogP contribution in [0.3, 0.4) is 0 Å². The van der Waals surface area contributed by atoms with E-state index in [0.29, 0.717) is 11.6 Å². The first-order valence-electron chi connectivity index (χ1n) is 5.11. The van der Waals surface area contributed by atoms with Crippen LogP contribution in [0.4, 0.5) is 5.82 Å². The minimum Gasteiger partial charge on any atom is -0.496 e. The lowest BCUT2D eigenvalue weighted by atomic mass is 10.1. The SMILES string of the molecule is COc1cc(-c2cc(N)no2)c(SC)cc1C. The van der Waals surface area contributed by atoms with Crippen molar-refractivity contribution in [3.8, 4) is 17.1 Å². The Labute approximate surface area is 104 Å². The molecule has 0 saturated carbocycles. The molecule has 1 aromatic heterocycles. The lowest BCUT2D eigenvalue weighted by Crippen LogP contribution is -1.90. The molecule has 0 unspecified atom stereocenters. The number of nitrogens with zero attached hydrogens (tertiary/aromatic N) is 1. The molecule has 0 atom stereocenters. The summed E-state index contributed by atoms with van der Waals surface area (Å²) in [6, 6.07) is 5.72. The van der Waals surface area contributed by atoms with Gasteiger partial charge in [0.1, 0.15) is 5.75 Å². The molecule has 0 amide bonds. The third-order valence-electron chi connectivity index (χ3n) is 2.51. The molecule has 90 valence electrons. The van der Waals surface area contributed by atoms with Crippen LogP contribution in [0, 0.1) is 6.92 Å². The number of hydrogen-bond donors (Lipinski definition) is 1. The van der Waals surface area contributed by atoms with Crippen molar-refractivity contribution in [3.63, 3.8) is 0 Å². The smallest absolute Gasteiger partial charge is 0.170 e. The average molecular weight is 250 g/mol. The molecule has 0 spiro atoms. The van der Waals surface area contributed by atoms with Crippen LogP contribution in [-0.4, -0.2) is 18.5 Å². The van der Waals surface area contributed by atoms with Crippen molar-refractivity contribution in [2.75, 3.05) is 19.1 Å². The fourth-order valence-electron chi connectivity index (χ4n) is 1.66. The van der Waals surface area contributed by atoms with Crippen LogP contribution >= 0.6 is 11.8 Å². The number of ether oxygens (including phenoxy) is 1. The van der Waals surface area contributed by atoms with E-state index in [2.05, 4.69) is 11.2 Å².